The van der Waals surface area contributed by atoms with Crippen molar-refractivity contribution in [1.29, 1.82) is 0 Å². The Labute approximate surface area is 61.5 Å². The van der Waals surface area contributed by atoms with Crippen LogP contribution in [0.25, 0.3) is 0 Å². The van der Waals surface area contributed by atoms with Gasteiger partial charge >= 0.3 is 0 Å². The smallest absolute Gasteiger partial charge is 0.250 e. The molecule has 0 fully saturated rings. The summed E-state index contributed by atoms with van der Waals surface area (Å²) in [5.41, 5.74) is 5.17. The molecule has 51 valence electrons. The molecule has 0 saturated carbocycles. The molecule has 0 bridgehead atoms. The van der Waals surface area contributed by atoms with Crippen LogP contribution in [0.15, 0.2) is 11.4 Å². The van der Waals surface area contributed by atoms with Crippen molar-refractivity contribution in [2.45, 2.75) is 0 Å². The fourth-order valence-electron chi connectivity index (χ4n) is 0.582. The van der Waals surface area contributed by atoms with E-state index in [9.17, 15) is 9.59 Å². The largest absolute Gasteiger partial charge is 0.366 e. The third kappa shape index (κ3) is 1.06. The molecule has 0 aliphatic heterocycles. The van der Waals surface area contributed by atoms with Crippen molar-refractivity contribution in [3.05, 3.63) is 21.9 Å². The lowest BCUT2D eigenvalue weighted by Crippen LogP contribution is -2.11. The van der Waals surface area contributed by atoms with Crippen LogP contribution in [0.5, 0.6) is 0 Å². The molecule has 1 aromatic rings. The quantitative estimate of drug-likeness (QED) is 0.666. The van der Waals surface area contributed by atoms with Gasteiger partial charge in [-0.25, -0.2) is 0 Å². The zero-order chi connectivity index (χ0) is 7.56. The molecule has 1 heterocycles. The third-order valence-corrected chi connectivity index (χ3v) is 1.83. The number of hydrogen-bond donors (Lipinski definition) is 1. The van der Waals surface area contributed by atoms with E-state index in [0.29, 0.717) is 0 Å². The molecule has 2 N–H and O–H groups in total. The van der Waals surface area contributed by atoms with Gasteiger partial charge in [0.2, 0.25) is 12.2 Å². The van der Waals surface area contributed by atoms with Crippen LogP contribution in [0.3, 0.4) is 0 Å². The summed E-state index contributed by atoms with van der Waals surface area (Å²) in [5, 5.41) is 1.63. The van der Waals surface area contributed by atoms with Gasteiger partial charge in [0.15, 0.2) is 0 Å². The number of carbonyl (C=O) groups is 1. The maximum absolute atomic E-state index is 10.5. The van der Waals surface area contributed by atoms with Gasteiger partial charge in [-0.2, -0.15) is 0 Å². The topological polar surface area (TPSA) is 60.2 Å². The summed E-state index contributed by atoms with van der Waals surface area (Å²) in [7, 11) is 0. The van der Waals surface area contributed by atoms with Crippen molar-refractivity contribution in [3.8, 4) is 0 Å². The van der Waals surface area contributed by atoms with E-state index in [2.05, 4.69) is 0 Å². The molecule has 1 aromatic heterocycles. The maximum atomic E-state index is 10.5. The van der Waals surface area contributed by atoms with E-state index in [1.807, 2.05) is 0 Å². The summed E-state index contributed by atoms with van der Waals surface area (Å²) in [6, 6.07) is 1.51. The van der Waals surface area contributed by atoms with Gasteiger partial charge in [0.05, 0.1) is 10.4 Å². The molecule has 0 aliphatic rings. The second-order valence-electron chi connectivity index (χ2n) is 1.63. The van der Waals surface area contributed by atoms with Gasteiger partial charge in [-0.05, 0) is 11.4 Å². The zero-order valence-electron chi connectivity index (χ0n) is 4.96. The molecule has 0 spiro atoms. The first kappa shape index (κ1) is 6.95. The summed E-state index contributed by atoms with van der Waals surface area (Å²) in [4.78, 5) is 20.8. The fourth-order valence-corrected chi connectivity index (χ4v) is 1.27. The van der Waals surface area contributed by atoms with E-state index in [4.69, 9.17) is 5.73 Å². The Morgan fingerprint density at radius 3 is 2.80 bits per heavy atom. The van der Waals surface area contributed by atoms with Crippen LogP contribution in [0, 0.1) is 0 Å². The molecule has 4 heteroatoms. The average Bonchev–Trinajstić information content (AvgIpc) is 2.33. The second kappa shape index (κ2) is 2.62. The van der Waals surface area contributed by atoms with Crippen molar-refractivity contribution >= 4 is 23.5 Å². The molecule has 0 atom stereocenters. The second-order valence-corrected chi connectivity index (χ2v) is 2.55. The van der Waals surface area contributed by atoms with Crippen LogP contribution >= 0.6 is 11.3 Å². The third-order valence-electron chi connectivity index (χ3n) is 1.02. The van der Waals surface area contributed by atoms with Crippen LogP contribution in [-0.2, 0) is 4.79 Å². The van der Waals surface area contributed by atoms with E-state index in [1.54, 1.807) is 11.7 Å². The predicted molar refractivity (Wildman–Crippen MR) is 37.6 cm³/mol. The molecule has 0 unspecified atom stereocenters. The minimum absolute atomic E-state index is 0.250. The van der Waals surface area contributed by atoms with Gasteiger partial charge in [0.1, 0.15) is 0 Å². The first-order valence-electron chi connectivity index (χ1n) is 2.51. The maximum Gasteiger partial charge on any atom is 0.250 e. The summed E-state index contributed by atoms with van der Waals surface area (Å²) in [6.07, 6.45) is 1.62. The van der Waals surface area contributed by atoms with Gasteiger partial charge < -0.3 is 5.73 Å². The number of nitrogens with two attached hydrogens (primary N) is 1. The highest BCUT2D eigenvalue weighted by Crippen LogP contribution is 2.12. The Bertz CT molecular complexity index is 266. The Morgan fingerprint density at radius 1 is 1.70 bits per heavy atom. The minimum atomic E-state index is -0.584. The van der Waals surface area contributed by atoms with Crippen molar-refractivity contribution in [3.63, 3.8) is 0 Å². The fraction of sp³-hybridized carbons (Fsp3) is 0. The number of hydrogen-bond acceptors (Lipinski definition) is 3. The Balaban J connectivity index is 3.13. The first-order chi connectivity index (χ1) is 4.75. The van der Waals surface area contributed by atoms with Crippen LogP contribution in [-0.4, -0.2) is 12.2 Å². The molecular weight excluding hydrogens is 150 g/mol. The number of primary amides is 1. The van der Waals surface area contributed by atoms with E-state index in [-0.39, 0.29) is 10.4 Å². The SMILES string of the molecule is NC(=O)c1ccsc1[C]=O. The first-order valence-corrected chi connectivity index (χ1v) is 3.39. The van der Waals surface area contributed by atoms with Gasteiger partial charge in [-0.15, -0.1) is 11.3 Å². The molecule has 3 nitrogen and oxygen atoms in total. The molecule has 1 radical (unpaired) electrons. The normalized spacial score (nSPS) is 9.20. The van der Waals surface area contributed by atoms with Gasteiger partial charge in [-0.1, -0.05) is 0 Å². The molecule has 0 aliphatic carbocycles. The van der Waals surface area contributed by atoms with E-state index in [0.717, 1.165) is 11.3 Å². The highest BCUT2D eigenvalue weighted by atomic mass is 32.1. The molecule has 1 amide bonds. The Hall–Kier alpha value is -1.16. The number of thiophene rings is 1. The number of rotatable bonds is 2. The Morgan fingerprint density at radius 2 is 2.40 bits per heavy atom. The average molecular weight is 154 g/mol. The van der Waals surface area contributed by atoms with Crippen molar-refractivity contribution < 1.29 is 9.59 Å². The van der Waals surface area contributed by atoms with Gasteiger partial charge in [0.25, 0.3) is 0 Å². The van der Waals surface area contributed by atoms with Gasteiger partial charge in [-0.3, -0.25) is 9.59 Å². The molecule has 1 rings (SSSR count). The molecule has 10 heavy (non-hydrogen) atoms. The Kier molecular flexibility index (Phi) is 1.82. The van der Waals surface area contributed by atoms with E-state index >= 15 is 0 Å². The highest BCUT2D eigenvalue weighted by molar-refractivity contribution is 7.12. The standard InChI is InChI=1S/C6H4NO2S/c7-6(9)4-1-2-10-5(4)3-8/h1-2H,(H2,7,9). The number of amides is 1. The van der Waals surface area contributed by atoms with Crippen LogP contribution in [0.4, 0.5) is 0 Å². The molecular formula is C6H4NO2S. The van der Waals surface area contributed by atoms with E-state index in [1.165, 1.54) is 6.07 Å². The van der Waals surface area contributed by atoms with Crippen molar-refractivity contribution in [2.75, 3.05) is 0 Å². The number of carbonyl (C=O) groups excluding carboxylic acids is 2. The lowest BCUT2D eigenvalue weighted by Gasteiger charge is -1.86. The summed E-state index contributed by atoms with van der Waals surface area (Å²) < 4.78 is 0. The van der Waals surface area contributed by atoms with Crippen molar-refractivity contribution in [2.24, 2.45) is 5.73 Å². The summed E-state index contributed by atoms with van der Waals surface area (Å²) in [5.74, 6) is -0.584. The summed E-state index contributed by atoms with van der Waals surface area (Å²) >= 11 is 1.15. The van der Waals surface area contributed by atoms with Crippen LogP contribution < -0.4 is 5.73 Å². The van der Waals surface area contributed by atoms with Crippen LogP contribution in [0.2, 0.25) is 0 Å². The molecule has 0 aromatic carbocycles. The minimum Gasteiger partial charge on any atom is -0.366 e. The predicted octanol–water partition coefficient (Wildman–Crippen LogP) is 0.305. The lowest BCUT2D eigenvalue weighted by atomic mass is 10.2. The van der Waals surface area contributed by atoms with Gasteiger partial charge in [0, 0.05) is 0 Å². The van der Waals surface area contributed by atoms with Crippen molar-refractivity contribution in [1.82, 2.24) is 0 Å². The molecule has 0 saturated heterocycles. The zero-order valence-corrected chi connectivity index (χ0v) is 5.77. The lowest BCUT2D eigenvalue weighted by molar-refractivity contribution is 0.100. The highest BCUT2D eigenvalue weighted by Gasteiger charge is 2.07. The monoisotopic (exact) mass is 154 g/mol. The van der Waals surface area contributed by atoms with Crippen LogP contribution in [0.1, 0.15) is 15.2 Å². The van der Waals surface area contributed by atoms with E-state index < -0.39 is 5.91 Å². The summed E-state index contributed by atoms with van der Waals surface area (Å²) in [6.45, 7) is 0.